The Morgan fingerprint density at radius 2 is 1.46 bits per heavy atom. The van der Waals surface area contributed by atoms with Crippen LogP contribution in [0.3, 0.4) is 0 Å². The number of aromatic nitrogens is 5. The number of amides is 2. The van der Waals surface area contributed by atoms with E-state index in [1.54, 1.807) is 41.5 Å². The zero-order chi connectivity index (χ0) is 51.9. The Balaban J connectivity index is 1.19. The van der Waals surface area contributed by atoms with Gasteiger partial charge in [0.1, 0.15) is 47.1 Å². The zero-order valence-electron chi connectivity index (χ0n) is 40.3. The number of imide groups is 1. The maximum atomic E-state index is 13.9. The fraction of sp³-hybridized carbons (Fsp3) is 0.396. The Hall–Kier alpha value is -7.40. The zero-order valence-corrected chi connectivity index (χ0v) is 41.9. The van der Waals surface area contributed by atoms with Crippen molar-refractivity contribution in [3.8, 4) is 23.0 Å². The molecule has 0 unspecified atom stereocenters. The van der Waals surface area contributed by atoms with E-state index in [1.165, 1.54) is 31.5 Å². The number of pyridine rings is 1. The lowest BCUT2D eigenvalue weighted by Crippen LogP contribution is -2.57. The van der Waals surface area contributed by atoms with Gasteiger partial charge in [-0.25, -0.2) is 28.0 Å². The van der Waals surface area contributed by atoms with Crippen LogP contribution in [0.15, 0.2) is 88.3 Å². The van der Waals surface area contributed by atoms with E-state index in [1.807, 2.05) is 60.7 Å². The van der Waals surface area contributed by atoms with Gasteiger partial charge in [0.15, 0.2) is 34.6 Å². The van der Waals surface area contributed by atoms with Crippen LogP contribution in [-0.4, -0.2) is 108 Å². The number of thiazole rings is 1. The Kier molecular flexibility index (Phi) is 16.2. The summed E-state index contributed by atoms with van der Waals surface area (Å²) in [5, 5.41) is 9.68. The van der Waals surface area contributed by atoms with Crippen LogP contribution in [0.5, 0.6) is 11.5 Å². The molecule has 0 N–H and O–H groups in total. The molecule has 4 heterocycles. The van der Waals surface area contributed by atoms with Gasteiger partial charge in [-0.05, 0) is 66.5 Å². The third-order valence-corrected chi connectivity index (χ3v) is 12.2. The fourth-order valence-corrected chi connectivity index (χ4v) is 8.45. The van der Waals surface area contributed by atoms with Gasteiger partial charge in [0, 0.05) is 24.4 Å². The number of carbonyl (C=O) groups excluding carboxylic acids is 6. The third kappa shape index (κ3) is 13.9. The largest absolute Gasteiger partial charge is 0.485 e. The average Bonchev–Trinajstić information content (AvgIpc) is 3.89. The second-order valence-corrected chi connectivity index (χ2v) is 21.4. The number of oxime groups is 1. The first kappa shape index (κ1) is 53.0. The molecule has 1 fully saturated rings. The van der Waals surface area contributed by atoms with Gasteiger partial charge in [-0.3, -0.25) is 28.6 Å². The van der Waals surface area contributed by atoms with E-state index in [9.17, 15) is 42.0 Å². The predicted octanol–water partition coefficient (Wildman–Crippen LogP) is 4.47. The van der Waals surface area contributed by atoms with Crippen molar-refractivity contribution in [3.05, 3.63) is 111 Å². The number of β-lactam (4-membered cyclic amide) rings is 1. The number of likely N-dealkylation sites (tertiary alicyclic amines) is 1. The summed E-state index contributed by atoms with van der Waals surface area (Å²) in [5.41, 5.74) is -3.54. The van der Waals surface area contributed by atoms with Crippen LogP contribution in [0.4, 0.5) is 0 Å². The number of carbonyl (C=O) groups is 6. The van der Waals surface area contributed by atoms with Gasteiger partial charge in [0.25, 0.3) is 10.0 Å². The number of hydrogen-bond acceptors (Lipinski definition) is 19. The molecule has 0 radical (unpaired) electrons. The topological polar surface area (TPSA) is 264 Å². The second kappa shape index (κ2) is 21.7. The van der Waals surface area contributed by atoms with Gasteiger partial charge in [0.2, 0.25) is 17.4 Å². The Morgan fingerprint density at radius 3 is 2.04 bits per heavy atom. The number of Topliss-reactive ketones (excluding diaryl/α,β-unsaturated/α-hetero) is 1. The third-order valence-electron chi connectivity index (χ3n) is 9.98. The minimum Gasteiger partial charge on any atom is -0.485 e. The van der Waals surface area contributed by atoms with Crippen LogP contribution in [0.1, 0.15) is 83.6 Å². The van der Waals surface area contributed by atoms with E-state index in [-0.39, 0.29) is 57.4 Å². The normalized spacial score (nSPS) is 14.3. The van der Waals surface area contributed by atoms with Crippen LogP contribution in [-0.2, 0) is 79.3 Å². The molecule has 2 amide bonds. The van der Waals surface area contributed by atoms with Crippen LogP contribution >= 0.6 is 11.3 Å². The summed E-state index contributed by atoms with van der Waals surface area (Å²) in [5.74, 6) is -6.84. The van der Waals surface area contributed by atoms with Crippen molar-refractivity contribution in [3.63, 3.8) is 0 Å². The molecule has 1 aliphatic heterocycles. The van der Waals surface area contributed by atoms with Gasteiger partial charge in [-0.15, -0.1) is 20.5 Å². The molecule has 2 aromatic carbocycles. The first-order valence-corrected chi connectivity index (χ1v) is 24.6. The van der Waals surface area contributed by atoms with Crippen molar-refractivity contribution in [1.82, 2.24) is 28.6 Å². The van der Waals surface area contributed by atoms with Crippen molar-refractivity contribution >= 4 is 62.9 Å². The molecule has 3 aromatic heterocycles. The van der Waals surface area contributed by atoms with Crippen LogP contribution in [0.25, 0.3) is 11.5 Å². The maximum Gasteiger partial charge on any atom is 0.361 e. The summed E-state index contributed by atoms with van der Waals surface area (Å²) >= 11 is 1.02. The van der Waals surface area contributed by atoms with E-state index < -0.39 is 98.9 Å². The number of esters is 2. The molecular weight excluding hydrogens is 963 g/mol. The molecule has 21 nitrogen and oxygen atoms in total. The minimum absolute atomic E-state index is 0.0401. The molecule has 0 bridgehead atoms. The van der Waals surface area contributed by atoms with Gasteiger partial charge in [-0.1, -0.05) is 65.8 Å². The molecule has 0 spiro atoms. The second-order valence-electron chi connectivity index (χ2n) is 18.6. The average molecular weight is 1020 g/mol. The van der Waals surface area contributed by atoms with Crippen molar-refractivity contribution in [2.45, 2.75) is 105 Å². The first-order valence-electron chi connectivity index (χ1n) is 22.1. The molecule has 1 saturated heterocycles. The van der Waals surface area contributed by atoms with Crippen molar-refractivity contribution in [2.75, 3.05) is 12.3 Å². The first-order chi connectivity index (χ1) is 33.3. The highest BCUT2D eigenvalue weighted by Gasteiger charge is 2.44. The van der Waals surface area contributed by atoms with Gasteiger partial charge < -0.3 is 28.6 Å². The number of nitrogens with zero attached hydrogens (tertiary/aromatic N) is 7. The molecular formula is C48H53N7O14S2. The Morgan fingerprint density at radius 1 is 0.859 bits per heavy atom. The molecule has 5 aromatic rings. The van der Waals surface area contributed by atoms with Crippen LogP contribution in [0, 0.1) is 5.92 Å². The number of aldehydes is 1. The standard InChI is InChI=1S/C48H53N7O14S2/c1-46(2,3)67-40(59)23-38-50-34(28-70-38)41(52-69-48(7,8)44(61)68-47(4,5)6)35(57)21-32-25-54(43(32)60)39(58)29-71(63,64)55-45(62)53(19-20-56)42(51-55)33-22-36(65-26-30-15-11-9-12-16-30)37(24-49-33)66-27-31-17-13-10-14-18-31/h9-18,20,22,24,28,32H,19,21,23,25-27,29H2,1-8H3/b52-41-/t32-/m0/s1. The smallest absolute Gasteiger partial charge is 0.361 e. The van der Waals surface area contributed by atoms with Crippen molar-refractivity contribution in [2.24, 2.45) is 11.1 Å². The van der Waals surface area contributed by atoms with Gasteiger partial charge >= 0.3 is 17.6 Å². The van der Waals surface area contributed by atoms with Gasteiger partial charge in [0.05, 0.1) is 25.1 Å². The Labute approximate surface area is 412 Å². The number of benzene rings is 2. The molecule has 1 atom stereocenters. The minimum atomic E-state index is -4.96. The number of hydrogen-bond donors (Lipinski definition) is 0. The Bertz CT molecular complexity index is 3010. The van der Waals surface area contributed by atoms with E-state index in [4.69, 9.17) is 23.8 Å². The summed E-state index contributed by atoms with van der Waals surface area (Å²) in [4.78, 5) is 107. The highest BCUT2D eigenvalue weighted by molar-refractivity contribution is 7.90. The fourth-order valence-electron chi connectivity index (χ4n) is 6.55. The molecule has 0 saturated carbocycles. The number of rotatable bonds is 21. The van der Waals surface area contributed by atoms with E-state index in [2.05, 4.69) is 20.2 Å². The molecule has 6 rings (SSSR count). The molecule has 0 aliphatic carbocycles. The molecule has 23 heteroatoms. The summed E-state index contributed by atoms with van der Waals surface area (Å²) in [7, 11) is -4.96. The van der Waals surface area contributed by atoms with Crippen LogP contribution < -0.4 is 15.2 Å². The van der Waals surface area contributed by atoms with E-state index in [0.29, 0.717) is 11.2 Å². The summed E-state index contributed by atoms with van der Waals surface area (Å²) < 4.78 is 51.2. The maximum absolute atomic E-state index is 13.9. The molecule has 71 heavy (non-hydrogen) atoms. The summed E-state index contributed by atoms with van der Waals surface area (Å²) in [6.07, 6.45) is 0.859. The predicted molar refractivity (Wildman–Crippen MR) is 256 cm³/mol. The number of ketones is 1. The van der Waals surface area contributed by atoms with E-state index in [0.717, 1.165) is 27.0 Å². The summed E-state index contributed by atoms with van der Waals surface area (Å²) in [6, 6.07) is 19.8. The van der Waals surface area contributed by atoms with Crippen LogP contribution in [0.2, 0.25) is 0 Å². The molecule has 1 aliphatic rings. The quantitative estimate of drug-likeness (QED) is 0.0323. The number of ether oxygens (including phenoxy) is 4. The van der Waals surface area contributed by atoms with Crippen molar-refractivity contribution < 1.29 is 61.0 Å². The lowest BCUT2D eigenvalue weighted by atomic mass is 9.91. The highest BCUT2D eigenvalue weighted by atomic mass is 32.2. The lowest BCUT2D eigenvalue weighted by molar-refractivity contribution is -0.179. The summed E-state index contributed by atoms with van der Waals surface area (Å²) in [6.45, 7) is 12.0. The lowest BCUT2D eigenvalue weighted by Gasteiger charge is -2.36. The highest BCUT2D eigenvalue weighted by Crippen LogP contribution is 2.32. The SMILES string of the molecule is CC(C)(C)OC(=O)Cc1nc(/C(=N/OC(C)(C)C(=O)OC(C)(C)C)C(=O)C[C@H]2CN(C(=O)CS(=O)(=O)n3nc(-c4cc(OCc5ccccc5)c(OCc5ccccc5)cn4)n(CC=O)c3=O)C2=O)cs1. The van der Waals surface area contributed by atoms with Crippen molar-refractivity contribution in [1.29, 1.82) is 0 Å². The monoisotopic (exact) mass is 1020 g/mol. The van der Waals surface area contributed by atoms with Gasteiger partial charge in [-0.2, -0.15) is 0 Å². The molecule has 376 valence electrons. The van der Waals surface area contributed by atoms with E-state index >= 15 is 0 Å².